The molecular formula is C20H30N2. The SMILES string of the molecule is C=C(CCC(C)C)/N=C(C)\C=C(/C)C1=CN(C)C(=C)C(C)=C1. The van der Waals surface area contributed by atoms with Crippen LogP contribution in [-0.4, -0.2) is 17.7 Å². The summed E-state index contributed by atoms with van der Waals surface area (Å²) >= 11 is 0. The third-order valence-electron chi connectivity index (χ3n) is 3.81. The third kappa shape index (κ3) is 5.51. The van der Waals surface area contributed by atoms with Crippen LogP contribution < -0.4 is 0 Å². The molecule has 0 aromatic carbocycles. The molecule has 2 nitrogen and oxygen atoms in total. The van der Waals surface area contributed by atoms with Crippen LogP contribution in [-0.2, 0) is 0 Å². The van der Waals surface area contributed by atoms with E-state index in [9.17, 15) is 0 Å². The second kappa shape index (κ2) is 7.98. The highest BCUT2D eigenvalue weighted by Gasteiger charge is 2.11. The van der Waals surface area contributed by atoms with Crippen LogP contribution in [0.25, 0.3) is 0 Å². The normalized spacial score (nSPS) is 16.9. The minimum atomic E-state index is 0.689. The molecule has 22 heavy (non-hydrogen) atoms. The van der Waals surface area contributed by atoms with E-state index >= 15 is 0 Å². The molecule has 1 heterocycles. The van der Waals surface area contributed by atoms with Crippen molar-refractivity contribution >= 4 is 5.71 Å². The Morgan fingerprint density at radius 2 is 2.00 bits per heavy atom. The molecule has 0 atom stereocenters. The van der Waals surface area contributed by atoms with Crippen molar-refractivity contribution in [3.8, 4) is 0 Å². The van der Waals surface area contributed by atoms with E-state index in [1.807, 2.05) is 14.0 Å². The first-order valence-electron chi connectivity index (χ1n) is 7.94. The molecule has 0 aliphatic carbocycles. The smallest absolute Gasteiger partial charge is 0.0378 e. The van der Waals surface area contributed by atoms with Gasteiger partial charge in [0.25, 0.3) is 0 Å². The van der Waals surface area contributed by atoms with Gasteiger partial charge in [-0.15, -0.1) is 0 Å². The zero-order valence-corrected chi connectivity index (χ0v) is 15.0. The van der Waals surface area contributed by atoms with E-state index < -0.39 is 0 Å². The summed E-state index contributed by atoms with van der Waals surface area (Å²) in [4.78, 5) is 6.67. The van der Waals surface area contributed by atoms with Gasteiger partial charge in [0, 0.05) is 30.4 Å². The number of hydrogen-bond donors (Lipinski definition) is 0. The van der Waals surface area contributed by atoms with Gasteiger partial charge >= 0.3 is 0 Å². The second-order valence-corrected chi connectivity index (χ2v) is 6.55. The fraction of sp³-hybridized carbons (Fsp3) is 0.450. The van der Waals surface area contributed by atoms with Crippen LogP contribution in [0.15, 0.2) is 64.6 Å². The highest BCUT2D eigenvalue weighted by Crippen LogP contribution is 2.25. The van der Waals surface area contributed by atoms with Crippen LogP contribution in [0.1, 0.15) is 47.5 Å². The van der Waals surface area contributed by atoms with E-state index in [4.69, 9.17) is 0 Å². The average molecular weight is 298 g/mol. The lowest BCUT2D eigenvalue weighted by Gasteiger charge is -2.24. The molecule has 2 heteroatoms. The Hall–Kier alpha value is -1.83. The number of nitrogens with zero attached hydrogens (tertiary/aromatic N) is 2. The fourth-order valence-electron chi connectivity index (χ4n) is 2.32. The summed E-state index contributed by atoms with van der Waals surface area (Å²) in [5.41, 5.74) is 6.62. The first kappa shape index (κ1) is 18.2. The summed E-state index contributed by atoms with van der Waals surface area (Å²) in [6.07, 6.45) is 8.51. The summed E-state index contributed by atoms with van der Waals surface area (Å²) in [6, 6.07) is 0. The van der Waals surface area contributed by atoms with Gasteiger partial charge in [0.1, 0.15) is 0 Å². The third-order valence-corrected chi connectivity index (χ3v) is 3.81. The van der Waals surface area contributed by atoms with E-state index in [0.717, 1.165) is 29.9 Å². The number of rotatable bonds is 6. The Morgan fingerprint density at radius 1 is 1.36 bits per heavy atom. The Balaban J connectivity index is 2.82. The van der Waals surface area contributed by atoms with Crippen molar-refractivity contribution in [3.05, 3.63) is 59.6 Å². The molecule has 1 rings (SSSR count). The summed E-state index contributed by atoms with van der Waals surface area (Å²) in [5, 5.41) is 0. The zero-order valence-electron chi connectivity index (χ0n) is 15.0. The molecule has 120 valence electrons. The molecule has 0 fully saturated rings. The van der Waals surface area contributed by atoms with Crippen LogP contribution in [0.3, 0.4) is 0 Å². The summed E-state index contributed by atoms with van der Waals surface area (Å²) in [5.74, 6) is 0.689. The number of aliphatic imine (C=N–C) groups is 1. The summed E-state index contributed by atoms with van der Waals surface area (Å²) in [6.45, 7) is 18.8. The van der Waals surface area contributed by atoms with E-state index in [-0.39, 0.29) is 0 Å². The van der Waals surface area contributed by atoms with Gasteiger partial charge in [0.2, 0.25) is 0 Å². The summed E-state index contributed by atoms with van der Waals surface area (Å²) < 4.78 is 0. The lowest BCUT2D eigenvalue weighted by atomic mass is 10.00. The van der Waals surface area contributed by atoms with Gasteiger partial charge < -0.3 is 4.90 Å². The fourth-order valence-corrected chi connectivity index (χ4v) is 2.32. The van der Waals surface area contributed by atoms with E-state index in [2.05, 4.69) is 69.1 Å². The van der Waals surface area contributed by atoms with Gasteiger partial charge in [0.15, 0.2) is 0 Å². The lowest BCUT2D eigenvalue weighted by molar-refractivity contribution is 0.571. The van der Waals surface area contributed by atoms with Gasteiger partial charge in [-0.1, -0.05) is 27.0 Å². The molecule has 0 radical (unpaired) electrons. The van der Waals surface area contributed by atoms with Crippen LogP contribution in [0.4, 0.5) is 0 Å². The van der Waals surface area contributed by atoms with Crippen molar-refractivity contribution in [3.63, 3.8) is 0 Å². The lowest BCUT2D eigenvalue weighted by Crippen LogP contribution is -2.15. The molecule has 0 bridgehead atoms. The van der Waals surface area contributed by atoms with Crippen LogP contribution in [0.5, 0.6) is 0 Å². The van der Waals surface area contributed by atoms with Gasteiger partial charge in [-0.2, -0.15) is 0 Å². The van der Waals surface area contributed by atoms with Crippen molar-refractivity contribution in [2.24, 2.45) is 10.9 Å². The highest BCUT2D eigenvalue weighted by molar-refractivity contribution is 5.94. The van der Waals surface area contributed by atoms with Crippen molar-refractivity contribution < 1.29 is 0 Å². The first-order valence-corrected chi connectivity index (χ1v) is 7.94. The largest absolute Gasteiger partial charge is 0.351 e. The molecule has 0 saturated heterocycles. The Bertz CT molecular complexity index is 569. The molecule has 0 N–H and O–H groups in total. The zero-order chi connectivity index (χ0) is 16.9. The maximum Gasteiger partial charge on any atom is 0.0378 e. The van der Waals surface area contributed by atoms with E-state index in [1.54, 1.807) is 0 Å². The van der Waals surface area contributed by atoms with Crippen molar-refractivity contribution in [1.29, 1.82) is 0 Å². The Kier molecular flexibility index (Phi) is 6.61. The Labute approximate surface area is 136 Å². The molecule has 0 aromatic heterocycles. The van der Waals surface area contributed by atoms with Crippen LogP contribution in [0, 0.1) is 5.92 Å². The minimum Gasteiger partial charge on any atom is -0.351 e. The molecule has 1 aliphatic rings. The van der Waals surface area contributed by atoms with Crippen LogP contribution in [0.2, 0.25) is 0 Å². The topological polar surface area (TPSA) is 15.6 Å². The van der Waals surface area contributed by atoms with Crippen molar-refractivity contribution in [2.75, 3.05) is 7.05 Å². The standard InChI is InChI=1S/C20H30N2/c1-14(2)9-10-17(5)21-18(6)11-16(4)20-12-15(3)19(7)22(8)13-20/h11-14H,5,7,9-10H2,1-4,6,8H3/b16-11+,21-18-. The number of likely N-dealkylation sites (N-methyl/N-ethyl adjacent to an activating group) is 1. The van der Waals surface area contributed by atoms with Gasteiger partial charge in [-0.05, 0) is 68.4 Å². The van der Waals surface area contributed by atoms with E-state index in [1.165, 1.54) is 16.7 Å². The summed E-state index contributed by atoms with van der Waals surface area (Å²) in [7, 11) is 2.03. The molecule has 0 spiro atoms. The molecule has 0 saturated carbocycles. The number of allylic oxidation sites excluding steroid dienone is 6. The van der Waals surface area contributed by atoms with Gasteiger partial charge in [-0.3, -0.25) is 4.99 Å². The van der Waals surface area contributed by atoms with Gasteiger partial charge in [0.05, 0.1) is 0 Å². The Morgan fingerprint density at radius 3 is 2.55 bits per heavy atom. The van der Waals surface area contributed by atoms with E-state index in [0.29, 0.717) is 5.92 Å². The molecular weight excluding hydrogens is 268 g/mol. The average Bonchev–Trinajstić information content (AvgIpc) is 2.41. The van der Waals surface area contributed by atoms with Gasteiger partial charge in [-0.25, -0.2) is 0 Å². The predicted molar refractivity (Wildman–Crippen MR) is 98.8 cm³/mol. The predicted octanol–water partition coefficient (Wildman–Crippen LogP) is 5.63. The minimum absolute atomic E-state index is 0.689. The quantitative estimate of drug-likeness (QED) is 0.580. The number of hydrogen-bond acceptors (Lipinski definition) is 2. The van der Waals surface area contributed by atoms with Crippen molar-refractivity contribution in [1.82, 2.24) is 4.90 Å². The highest BCUT2D eigenvalue weighted by atomic mass is 15.1. The first-order chi connectivity index (χ1) is 10.2. The van der Waals surface area contributed by atoms with Crippen molar-refractivity contribution in [2.45, 2.75) is 47.5 Å². The molecule has 0 aromatic rings. The molecule has 1 aliphatic heterocycles. The molecule has 0 amide bonds. The van der Waals surface area contributed by atoms with Crippen LogP contribution >= 0.6 is 0 Å². The second-order valence-electron chi connectivity index (χ2n) is 6.55. The monoisotopic (exact) mass is 298 g/mol. The maximum atomic E-state index is 4.60. The maximum absolute atomic E-state index is 4.60. The molecule has 0 unspecified atom stereocenters.